The summed E-state index contributed by atoms with van der Waals surface area (Å²) in [5, 5.41) is 4.16. The molecular weight excluding hydrogens is 256 g/mol. The van der Waals surface area contributed by atoms with Gasteiger partial charge in [-0.2, -0.15) is 0 Å². The third-order valence-corrected chi connectivity index (χ3v) is 2.64. The van der Waals surface area contributed by atoms with Crippen LogP contribution < -0.4 is 10.1 Å². The van der Waals surface area contributed by atoms with Gasteiger partial charge in [0, 0.05) is 11.6 Å². The summed E-state index contributed by atoms with van der Waals surface area (Å²) in [6.07, 6.45) is 0.774. The predicted molar refractivity (Wildman–Crippen MR) is 65.4 cm³/mol. The van der Waals surface area contributed by atoms with E-state index in [1.54, 1.807) is 13.2 Å². The Balaban J connectivity index is 2.84. The second-order valence-electron chi connectivity index (χ2n) is 2.96. The Morgan fingerprint density at radius 1 is 1.33 bits per heavy atom. The van der Waals surface area contributed by atoms with Crippen LogP contribution in [0.2, 0.25) is 10.0 Å². The number of hydrogen-bond acceptors (Lipinski definition) is 2. The van der Waals surface area contributed by atoms with Crippen LogP contribution in [0.3, 0.4) is 0 Å². The van der Waals surface area contributed by atoms with Crippen LogP contribution in [0.25, 0.3) is 0 Å². The molecular formula is C10H12Cl3NO. The normalized spacial score (nSPS) is 10.4. The van der Waals surface area contributed by atoms with E-state index in [0.29, 0.717) is 21.8 Å². The Kier molecular flexibility index (Phi) is 5.54. The SMILES string of the molecule is COc1c(Cl)cc(Cl)cc1CCNCCl. The van der Waals surface area contributed by atoms with Gasteiger partial charge >= 0.3 is 0 Å². The fourth-order valence-electron chi connectivity index (χ4n) is 1.32. The fourth-order valence-corrected chi connectivity index (χ4v) is 2.06. The Morgan fingerprint density at radius 3 is 2.67 bits per heavy atom. The summed E-state index contributed by atoms with van der Waals surface area (Å²) in [6, 6.07) is 3.94. The summed E-state index contributed by atoms with van der Waals surface area (Å²) >= 11 is 17.4. The fraction of sp³-hybridized carbons (Fsp3) is 0.400. The molecule has 0 radical (unpaired) electrons. The molecule has 1 aromatic carbocycles. The van der Waals surface area contributed by atoms with Crippen LogP contribution in [0.4, 0.5) is 0 Å². The summed E-state index contributed by atoms with van der Waals surface area (Å²) in [5.41, 5.74) is 0.979. The zero-order valence-corrected chi connectivity index (χ0v) is 10.6. The first kappa shape index (κ1) is 12.9. The molecule has 0 aliphatic carbocycles. The molecule has 0 saturated carbocycles. The van der Waals surface area contributed by atoms with Crippen molar-refractivity contribution >= 4 is 34.8 Å². The Bertz CT molecular complexity index is 331. The molecule has 2 nitrogen and oxygen atoms in total. The number of methoxy groups -OCH3 is 1. The molecule has 1 rings (SSSR count). The van der Waals surface area contributed by atoms with Crippen molar-refractivity contribution in [2.45, 2.75) is 6.42 Å². The van der Waals surface area contributed by atoms with E-state index in [2.05, 4.69) is 5.32 Å². The maximum atomic E-state index is 5.99. The zero-order valence-electron chi connectivity index (χ0n) is 8.32. The van der Waals surface area contributed by atoms with Crippen molar-refractivity contribution < 1.29 is 4.74 Å². The van der Waals surface area contributed by atoms with Crippen LogP contribution in [0.5, 0.6) is 5.75 Å². The molecule has 0 spiro atoms. The highest BCUT2D eigenvalue weighted by Crippen LogP contribution is 2.32. The second-order valence-corrected chi connectivity index (χ2v) is 4.07. The van der Waals surface area contributed by atoms with Crippen molar-refractivity contribution in [2.75, 3.05) is 19.7 Å². The number of ether oxygens (including phenoxy) is 1. The Labute approximate surface area is 104 Å². The van der Waals surface area contributed by atoms with Gasteiger partial charge in [0.05, 0.1) is 18.1 Å². The molecule has 0 fully saturated rings. The lowest BCUT2D eigenvalue weighted by Crippen LogP contribution is -2.15. The van der Waals surface area contributed by atoms with Gasteiger partial charge in [-0.15, -0.1) is 11.6 Å². The largest absolute Gasteiger partial charge is 0.495 e. The molecule has 0 aliphatic heterocycles. The lowest BCUT2D eigenvalue weighted by molar-refractivity contribution is 0.409. The van der Waals surface area contributed by atoms with Gasteiger partial charge in [-0.3, -0.25) is 0 Å². The minimum Gasteiger partial charge on any atom is -0.495 e. The van der Waals surface area contributed by atoms with E-state index in [0.717, 1.165) is 18.5 Å². The number of benzene rings is 1. The zero-order chi connectivity index (χ0) is 11.3. The molecule has 84 valence electrons. The number of hydrogen-bond donors (Lipinski definition) is 1. The molecule has 0 unspecified atom stereocenters. The lowest BCUT2D eigenvalue weighted by Gasteiger charge is -2.10. The van der Waals surface area contributed by atoms with Gasteiger partial charge in [-0.05, 0) is 24.1 Å². The van der Waals surface area contributed by atoms with Crippen LogP contribution in [0.1, 0.15) is 5.56 Å². The van der Waals surface area contributed by atoms with Gasteiger partial charge in [-0.1, -0.05) is 23.2 Å². The van der Waals surface area contributed by atoms with Crippen molar-refractivity contribution in [2.24, 2.45) is 0 Å². The number of halogens is 3. The van der Waals surface area contributed by atoms with Crippen LogP contribution in [-0.4, -0.2) is 19.7 Å². The molecule has 1 N–H and O–H groups in total. The summed E-state index contributed by atoms with van der Waals surface area (Å²) in [4.78, 5) is 0. The topological polar surface area (TPSA) is 21.3 Å². The van der Waals surface area contributed by atoms with Crippen molar-refractivity contribution in [3.05, 3.63) is 27.7 Å². The Morgan fingerprint density at radius 2 is 2.07 bits per heavy atom. The summed E-state index contributed by atoms with van der Waals surface area (Å²) in [5.74, 6) is 0.678. The van der Waals surface area contributed by atoms with E-state index in [1.807, 2.05) is 6.07 Å². The first-order valence-corrected chi connectivity index (χ1v) is 5.76. The predicted octanol–water partition coefficient (Wildman–Crippen LogP) is 3.33. The van der Waals surface area contributed by atoms with Gasteiger partial charge in [0.2, 0.25) is 0 Å². The van der Waals surface area contributed by atoms with Gasteiger partial charge in [0.1, 0.15) is 5.75 Å². The van der Waals surface area contributed by atoms with Crippen LogP contribution in [0.15, 0.2) is 12.1 Å². The first-order valence-electron chi connectivity index (χ1n) is 4.47. The van der Waals surface area contributed by atoms with Crippen molar-refractivity contribution in [1.82, 2.24) is 5.32 Å². The third kappa shape index (κ3) is 3.72. The minimum atomic E-state index is 0.427. The molecule has 0 atom stereocenters. The lowest BCUT2D eigenvalue weighted by atomic mass is 10.1. The highest BCUT2D eigenvalue weighted by atomic mass is 35.5. The quantitative estimate of drug-likeness (QED) is 0.502. The average molecular weight is 269 g/mol. The van der Waals surface area contributed by atoms with E-state index in [-0.39, 0.29) is 0 Å². The molecule has 0 bridgehead atoms. The monoisotopic (exact) mass is 267 g/mol. The van der Waals surface area contributed by atoms with E-state index < -0.39 is 0 Å². The van der Waals surface area contributed by atoms with Crippen molar-refractivity contribution in [3.63, 3.8) is 0 Å². The average Bonchev–Trinajstić information content (AvgIpc) is 2.17. The molecule has 5 heteroatoms. The first-order chi connectivity index (χ1) is 7.19. The summed E-state index contributed by atoms with van der Waals surface area (Å²) < 4.78 is 5.21. The van der Waals surface area contributed by atoms with E-state index >= 15 is 0 Å². The molecule has 0 aliphatic rings. The van der Waals surface area contributed by atoms with Gasteiger partial charge in [-0.25, -0.2) is 0 Å². The smallest absolute Gasteiger partial charge is 0.140 e. The summed E-state index contributed by atoms with van der Waals surface area (Å²) in [6.45, 7) is 0.760. The van der Waals surface area contributed by atoms with Crippen molar-refractivity contribution in [1.29, 1.82) is 0 Å². The molecule has 1 aromatic rings. The van der Waals surface area contributed by atoms with Crippen LogP contribution in [0, 0.1) is 0 Å². The van der Waals surface area contributed by atoms with Gasteiger partial charge in [0.15, 0.2) is 0 Å². The minimum absolute atomic E-state index is 0.427. The van der Waals surface area contributed by atoms with Crippen LogP contribution in [-0.2, 0) is 6.42 Å². The van der Waals surface area contributed by atoms with E-state index in [4.69, 9.17) is 39.5 Å². The number of nitrogens with one attached hydrogen (secondary N) is 1. The molecule has 0 saturated heterocycles. The highest BCUT2D eigenvalue weighted by Gasteiger charge is 2.09. The van der Waals surface area contributed by atoms with E-state index in [9.17, 15) is 0 Å². The molecule has 15 heavy (non-hydrogen) atoms. The molecule has 0 amide bonds. The maximum Gasteiger partial charge on any atom is 0.140 e. The molecule has 0 aromatic heterocycles. The number of rotatable bonds is 5. The Hall–Kier alpha value is -0.150. The molecule has 0 heterocycles. The maximum absolute atomic E-state index is 5.99. The van der Waals surface area contributed by atoms with Crippen molar-refractivity contribution in [3.8, 4) is 5.75 Å². The number of alkyl halides is 1. The standard InChI is InChI=1S/C10H12Cl3NO/c1-15-10-7(2-3-14-6-11)4-8(12)5-9(10)13/h4-5,14H,2-3,6H2,1H3. The van der Waals surface area contributed by atoms with Gasteiger partial charge in [0.25, 0.3) is 0 Å². The van der Waals surface area contributed by atoms with E-state index in [1.165, 1.54) is 0 Å². The highest BCUT2D eigenvalue weighted by molar-refractivity contribution is 6.35. The third-order valence-electron chi connectivity index (χ3n) is 1.96. The summed E-state index contributed by atoms with van der Waals surface area (Å²) in [7, 11) is 1.59. The van der Waals surface area contributed by atoms with Crippen LogP contribution >= 0.6 is 34.8 Å². The second kappa shape index (κ2) is 6.44. The van der Waals surface area contributed by atoms with Gasteiger partial charge < -0.3 is 10.1 Å².